The highest BCUT2D eigenvalue weighted by atomic mass is 32.2. The molecular weight excluding hydrogens is 235 g/mol. The lowest BCUT2D eigenvalue weighted by molar-refractivity contribution is -0.0328. The monoisotopic (exact) mass is 247 g/mol. The van der Waals surface area contributed by atoms with Crippen LogP contribution in [-0.2, 0) is 6.42 Å². The van der Waals surface area contributed by atoms with E-state index in [1.54, 1.807) is 25.1 Å². The lowest BCUT2D eigenvalue weighted by Crippen LogP contribution is -1.99. The number of halogens is 3. The first-order valence-electron chi connectivity index (χ1n) is 4.64. The second-order valence-electron chi connectivity index (χ2n) is 3.35. The van der Waals surface area contributed by atoms with Crippen LogP contribution in [0.1, 0.15) is 12.5 Å². The van der Waals surface area contributed by atoms with Gasteiger partial charge in [-0.2, -0.15) is 13.2 Å². The van der Waals surface area contributed by atoms with Crippen LogP contribution < -0.4 is 5.73 Å². The van der Waals surface area contributed by atoms with Crippen molar-refractivity contribution in [3.63, 3.8) is 0 Å². The fourth-order valence-corrected chi connectivity index (χ4v) is 1.77. The zero-order chi connectivity index (χ0) is 12.2. The van der Waals surface area contributed by atoms with Gasteiger partial charge in [0.25, 0.3) is 0 Å². The van der Waals surface area contributed by atoms with Crippen LogP contribution in [0.15, 0.2) is 40.9 Å². The first-order valence-corrected chi connectivity index (χ1v) is 5.45. The van der Waals surface area contributed by atoms with Crippen LogP contribution in [0.4, 0.5) is 13.2 Å². The topological polar surface area (TPSA) is 26.0 Å². The van der Waals surface area contributed by atoms with Crippen molar-refractivity contribution in [2.75, 3.05) is 0 Å². The van der Waals surface area contributed by atoms with Gasteiger partial charge in [0.05, 0.1) is 0 Å². The van der Waals surface area contributed by atoms with E-state index in [4.69, 9.17) is 5.73 Å². The Kier molecular flexibility index (Phi) is 4.29. The Morgan fingerprint density at radius 3 is 2.69 bits per heavy atom. The molecule has 0 aliphatic carbocycles. The molecule has 5 heteroatoms. The summed E-state index contributed by atoms with van der Waals surface area (Å²) in [5, 5.41) is 0. The minimum atomic E-state index is -4.24. The molecule has 0 atom stereocenters. The summed E-state index contributed by atoms with van der Waals surface area (Å²) in [6.07, 6.45) is 2.33. The van der Waals surface area contributed by atoms with E-state index in [9.17, 15) is 13.2 Å². The van der Waals surface area contributed by atoms with E-state index in [0.29, 0.717) is 12.1 Å². The van der Waals surface area contributed by atoms with E-state index in [-0.39, 0.29) is 16.7 Å². The Morgan fingerprint density at radius 2 is 2.12 bits per heavy atom. The van der Waals surface area contributed by atoms with Gasteiger partial charge >= 0.3 is 5.51 Å². The Balaban J connectivity index is 2.75. The molecule has 1 nitrogen and oxygen atoms in total. The van der Waals surface area contributed by atoms with Crippen molar-refractivity contribution >= 4 is 11.8 Å². The number of thioether (sulfide) groups is 1. The third kappa shape index (κ3) is 5.11. The Bertz CT molecular complexity index is 381. The molecule has 0 aliphatic rings. The molecule has 0 bridgehead atoms. The van der Waals surface area contributed by atoms with Crippen LogP contribution in [-0.4, -0.2) is 5.51 Å². The van der Waals surface area contributed by atoms with Crippen molar-refractivity contribution < 1.29 is 13.2 Å². The first kappa shape index (κ1) is 13.0. The van der Waals surface area contributed by atoms with Crippen molar-refractivity contribution in [2.24, 2.45) is 5.73 Å². The number of hydrogen-bond donors (Lipinski definition) is 1. The average molecular weight is 247 g/mol. The predicted octanol–water partition coefficient (Wildman–Crippen LogP) is 3.70. The molecule has 0 unspecified atom stereocenters. The smallest absolute Gasteiger partial charge is 0.403 e. The highest BCUT2D eigenvalue weighted by molar-refractivity contribution is 8.00. The zero-order valence-electron chi connectivity index (χ0n) is 8.71. The van der Waals surface area contributed by atoms with E-state index in [1.165, 1.54) is 12.1 Å². The fraction of sp³-hybridized carbons (Fsp3) is 0.273. The number of hydrogen-bond acceptors (Lipinski definition) is 2. The molecule has 0 heterocycles. The predicted molar refractivity (Wildman–Crippen MR) is 60.0 cm³/mol. The van der Waals surface area contributed by atoms with Crippen molar-refractivity contribution in [1.29, 1.82) is 0 Å². The van der Waals surface area contributed by atoms with Gasteiger partial charge in [0.15, 0.2) is 0 Å². The van der Waals surface area contributed by atoms with E-state index in [1.807, 2.05) is 0 Å². The van der Waals surface area contributed by atoms with E-state index < -0.39 is 5.51 Å². The maximum Gasteiger partial charge on any atom is 0.446 e. The van der Waals surface area contributed by atoms with Gasteiger partial charge in [0.2, 0.25) is 0 Å². The van der Waals surface area contributed by atoms with E-state index in [0.717, 1.165) is 5.56 Å². The summed E-state index contributed by atoms with van der Waals surface area (Å²) in [6, 6.07) is 6.36. The quantitative estimate of drug-likeness (QED) is 0.824. The molecule has 0 saturated carbocycles. The molecule has 0 aromatic heterocycles. The van der Waals surface area contributed by atoms with Gasteiger partial charge in [-0.25, -0.2) is 0 Å². The van der Waals surface area contributed by atoms with Crippen molar-refractivity contribution in [3.8, 4) is 0 Å². The Morgan fingerprint density at radius 1 is 1.44 bits per heavy atom. The summed E-state index contributed by atoms with van der Waals surface area (Å²) in [6.45, 7) is 1.74. The van der Waals surface area contributed by atoms with Gasteiger partial charge in [-0.15, -0.1) is 0 Å². The molecule has 16 heavy (non-hydrogen) atoms. The summed E-state index contributed by atoms with van der Waals surface area (Å²) in [7, 11) is 0. The zero-order valence-corrected chi connectivity index (χ0v) is 9.53. The maximum absolute atomic E-state index is 12.1. The maximum atomic E-state index is 12.1. The first-order chi connectivity index (χ1) is 7.37. The number of alkyl halides is 3. The number of benzene rings is 1. The van der Waals surface area contributed by atoms with Crippen molar-refractivity contribution in [3.05, 3.63) is 41.6 Å². The molecule has 88 valence electrons. The van der Waals surface area contributed by atoms with Gasteiger partial charge in [0, 0.05) is 10.6 Å². The molecule has 1 aromatic carbocycles. The van der Waals surface area contributed by atoms with Gasteiger partial charge < -0.3 is 5.73 Å². The molecule has 0 radical (unpaired) electrons. The van der Waals surface area contributed by atoms with Crippen LogP contribution >= 0.6 is 11.8 Å². The van der Waals surface area contributed by atoms with Gasteiger partial charge in [0.1, 0.15) is 0 Å². The molecule has 0 spiro atoms. The molecule has 0 amide bonds. The molecule has 0 saturated heterocycles. The summed E-state index contributed by atoms with van der Waals surface area (Å²) in [5.41, 5.74) is 2.70. The SMILES string of the molecule is C/C(N)=C\Cc1cccc(SC(F)(F)F)c1. The summed E-state index contributed by atoms with van der Waals surface area (Å²) in [5.74, 6) is 0. The van der Waals surface area contributed by atoms with Gasteiger partial charge in [-0.1, -0.05) is 18.2 Å². The standard InChI is InChI=1S/C11H12F3NS/c1-8(15)5-6-9-3-2-4-10(7-9)16-11(12,13)14/h2-5,7H,6,15H2,1H3/b8-5+. The van der Waals surface area contributed by atoms with Crippen LogP contribution in [0.2, 0.25) is 0 Å². The molecule has 0 fully saturated rings. The Labute approximate surface area is 96.5 Å². The highest BCUT2D eigenvalue weighted by Crippen LogP contribution is 2.36. The molecular formula is C11H12F3NS. The third-order valence-electron chi connectivity index (χ3n) is 1.79. The molecule has 2 N–H and O–H groups in total. The van der Waals surface area contributed by atoms with Crippen LogP contribution in [0, 0.1) is 0 Å². The number of allylic oxidation sites excluding steroid dienone is 2. The fourth-order valence-electron chi connectivity index (χ4n) is 1.15. The number of nitrogens with two attached hydrogens (primary N) is 1. The van der Waals surface area contributed by atoms with Crippen molar-refractivity contribution in [1.82, 2.24) is 0 Å². The largest absolute Gasteiger partial charge is 0.446 e. The molecule has 1 rings (SSSR count). The lowest BCUT2D eigenvalue weighted by Gasteiger charge is -2.06. The highest BCUT2D eigenvalue weighted by Gasteiger charge is 2.29. The van der Waals surface area contributed by atoms with Crippen LogP contribution in [0.3, 0.4) is 0 Å². The van der Waals surface area contributed by atoms with Crippen molar-refractivity contribution in [2.45, 2.75) is 23.7 Å². The molecule has 1 aromatic rings. The lowest BCUT2D eigenvalue weighted by atomic mass is 10.1. The average Bonchev–Trinajstić information content (AvgIpc) is 2.12. The second kappa shape index (κ2) is 5.30. The second-order valence-corrected chi connectivity index (χ2v) is 4.49. The van der Waals surface area contributed by atoms with Gasteiger partial charge in [-0.05, 0) is 42.8 Å². The molecule has 0 aliphatic heterocycles. The minimum absolute atomic E-state index is 0.103. The summed E-state index contributed by atoms with van der Waals surface area (Å²) in [4.78, 5) is 0.202. The number of rotatable bonds is 3. The minimum Gasteiger partial charge on any atom is -0.403 e. The Hall–Kier alpha value is -1.10. The summed E-state index contributed by atoms with van der Waals surface area (Å²) < 4.78 is 36.4. The van der Waals surface area contributed by atoms with E-state index >= 15 is 0 Å². The summed E-state index contributed by atoms with van der Waals surface area (Å²) >= 11 is -0.103. The van der Waals surface area contributed by atoms with Gasteiger partial charge in [-0.3, -0.25) is 0 Å². The van der Waals surface area contributed by atoms with Crippen LogP contribution in [0.5, 0.6) is 0 Å². The van der Waals surface area contributed by atoms with Crippen LogP contribution in [0.25, 0.3) is 0 Å². The normalized spacial score (nSPS) is 12.9. The third-order valence-corrected chi connectivity index (χ3v) is 2.51. The van der Waals surface area contributed by atoms with E-state index in [2.05, 4.69) is 0 Å².